The summed E-state index contributed by atoms with van der Waals surface area (Å²) < 4.78 is 33.7. The Morgan fingerprint density at radius 1 is 1.05 bits per heavy atom. The van der Waals surface area contributed by atoms with Crippen molar-refractivity contribution in [2.75, 3.05) is 13.4 Å². The average Bonchev–Trinajstić information content (AvgIpc) is 2.85. The Morgan fingerprint density at radius 3 is 2.42 bits per heavy atom. The molecule has 12 nitrogen and oxygen atoms in total. The van der Waals surface area contributed by atoms with Gasteiger partial charge < -0.3 is 48.5 Å². The first-order valence-electron chi connectivity index (χ1n) is 11.8. The number of esters is 1. The second kappa shape index (κ2) is 11.3. The van der Waals surface area contributed by atoms with Crippen molar-refractivity contribution >= 4 is 16.9 Å². The molecular formula is C26H28O12. The quantitative estimate of drug-likeness (QED) is 0.190. The van der Waals surface area contributed by atoms with Gasteiger partial charge in [-0.15, -0.1) is 0 Å². The highest BCUT2D eigenvalue weighted by Gasteiger charge is 2.48. The van der Waals surface area contributed by atoms with E-state index in [1.807, 2.05) is 0 Å². The third kappa shape index (κ3) is 5.53. The molecule has 0 amide bonds. The van der Waals surface area contributed by atoms with Crippen molar-refractivity contribution in [1.29, 1.82) is 0 Å². The molecule has 4 rings (SSSR count). The minimum Gasteiger partial charge on any atom is -0.508 e. The SMILES string of the molecule is CCOCOC1C(C)OC(Oc2c(-c3ccc(O)cc3)oc3cc(O)cc(O)c3c2=O)C(OC(C)=O)C1O. The van der Waals surface area contributed by atoms with Crippen molar-refractivity contribution in [3.8, 4) is 34.3 Å². The van der Waals surface area contributed by atoms with Gasteiger partial charge in [0.2, 0.25) is 17.5 Å². The summed E-state index contributed by atoms with van der Waals surface area (Å²) >= 11 is 0. The normalized spacial score (nSPS) is 23.3. The molecule has 38 heavy (non-hydrogen) atoms. The van der Waals surface area contributed by atoms with E-state index in [9.17, 15) is 30.0 Å². The number of phenols is 3. The van der Waals surface area contributed by atoms with Crippen LogP contribution < -0.4 is 10.2 Å². The fourth-order valence-electron chi connectivity index (χ4n) is 4.14. The summed E-state index contributed by atoms with van der Waals surface area (Å²) in [5, 5.41) is 40.7. The largest absolute Gasteiger partial charge is 0.508 e. The van der Waals surface area contributed by atoms with Crippen LogP contribution >= 0.6 is 0 Å². The topological polar surface area (TPSA) is 174 Å². The molecule has 3 aromatic rings. The number of aliphatic hydroxyl groups excluding tert-OH is 1. The Kier molecular flexibility index (Phi) is 8.07. The van der Waals surface area contributed by atoms with E-state index in [1.54, 1.807) is 13.8 Å². The molecule has 0 bridgehead atoms. The van der Waals surface area contributed by atoms with Gasteiger partial charge >= 0.3 is 5.97 Å². The molecule has 204 valence electrons. The number of carbonyl (C=O) groups excluding carboxylic acids is 1. The molecular weight excluding hydrogens is 504 g/mol. The molecule has 1 fully saturated rings. The van der Waals surface area contributed by atoms with Crippen molar-refractivity contribution in [1.82, 2.24) is 0 Å². The number of hydrogen-bond acceptors (Lipinski definition) is 12. The zero-order valence-corrected chi connectivity index (χ0v) is 20.8. The first-order chi connectivity index (χ1) is 18.1. The lowest BCUT2D eigenvalue weighted by Gasteiger charge is -2.42. The molecule has 0 radical (unpaired) electrons. The van der Waals surface area contributed by atoms with Crippen LogP contribution in [0.2, 0.25) is 0 Å². The monoisotopic (exact) mass is 532 g/mol. The van der Waals surface area contributed by atoms with E-state index in [4.69, 9.17) is 28.1 Å². The highest BCUT2D eigenvalue weighted by molar-refractivity contribution is 5.88. The highest BCUT2D eigenvalue weighted by atomic mass is 16.7. The number of ether oxygens (including phenoxy) is 5. The van der Waals surface area contributed by atoms with Gasteiger partial charge in [0, 0.05) is 31.2 Å². The van der Waals surface area contributed by atoms with Crippen LogP contribution in [0, 0.1) is 0 Å². The maximum atomic E-state index is 13.6. The molecule has 5 unspecified atom stereocenters. The van der Waals surface area contributed by atoms with Crippen molar-refractivity contribution in [2.45, 2.75) is 51.5 Å². The number of phenolic OH excluding ortho intramolecular Hbond substituents is 3. The maximum absolute atomic E-state index is 13.6. The minimum atomic E-state index is -1.49. The molecule has 12 heteroatoms. The molecule has 0 saturated carbocycles. The van der Waals surface area contributed by atoms with Gasteiger partial charge in [-0.05, 0) is 38.1 Å². The number of aromatic hydroxyl groups is 3. The molecule has 0 aliphatic carbocycles. The molecule has 2 aromatic carbocycles. The zero-order chi connectivity index (χ0) is 27.6. The van der Waals surface area contributed by atoms with Crippen LogP contribution in [0.1, 0.15) is 20.8 Å². The van der Waals surface area contributed by atoms with Crippen LogP contribution in [0.25, 0.3) is 22.3 Å². The van der Waals surface area contributed by atoms with E-state index in [0.29, 0.717) is 12.2 Å². The van der Waals surface area contributed by atoms with Crippen LogP contribution in [0.4, 0.5) is 0 Å². The van der Waals surface area contributed by atoms with Gasteiger partial charge in [0.05, 0.1) is 6.10 Å². The second-order valence-corrected chi connectivity index (χ2v) is 8.61. The number of rotatable bonds is 8. The first-order valence-corrected chi connectivity index (χ1v) is 11.8. The Balaban J connectivity index is 1.81. The summed E-state index contributed by atoms with van der Waals surface area (Å²) in [6, 6.07) is 7.73. The number of fused-ring (bicyclic) bond motifs is 1. The molecule has 1 aliphatic heterocycles. The van der Waals surface area contributed by atoms with Crippen molar-refractivity contribution in [3.63, 3.8) is 0 Å². The van der Waals surface area contributed by atoms with Crippen molar-refractivity contribution in [3.05, 3.63) is 46.6 Å². The maximum Gasteiger partial charge on any atom is 0.303 e. The van der Waals surface area contributed by atoms with Gasteiger partial charge in [-0.3, -0.25) is 9.59 Å². The van der Waals surface area contributed by atoms with E-state index in [2.05, 4.69) is 0 Å². The van der Waals surface area contributed by atoms with Gasteiger partial charge in [0.25, 0.3) is 0 Å². The van der Waals surface area contributed by atoms with E-state index in [1.165, 1.54) is 24.3 Å². The predicted molar refractivity (Wildman–Crippen MR) is 131 cm³/mol. The van der Waals surface area contributed by atoms with Crippen molar-refractivity contribution < 1.29 is 53.3 Å². The van der Waals surface area contributed by atoms with E-state index >= 15 is 0 Å². The van der Waals surface area contributed by atoms with Crippen LogP contribution in [-0.2, 0) is 23.7 Å². The molecule has 1 aliphatic rings. The lowest BCUT2D eigenvalue weighted by molar-refractivity contribution is -0.290. The Hall–Kier alpha value is -3.84. The lowest BCUT2D eigenvalue weighted by atomic mass is 9.99. The molecule has 5 atom stereocenters. The molecule has 1 aromatic heterocycles. The zero-order valence-electron chi connectivity index (χ0n) is 20.8. The summed E-state index contributed by atoms with van der Waals surface area (Å²) in [5.41, 5.74) is -0.665. The molecule has 1 saturated heterocycles. The number of carbonyl (C=O) groups is 1. The third-order valence-corrected chi connectivity index (χ3v) is 5.88. The van der Waals surface area contributed by atoms with Crippen LogP contribution in [0.3, 0.4) is 0 Å². The van der Waals surface area contributed by atoms with Crippen molar-refractivity contribution in [2.24, 2.45) is 0 Å². The number of hydrogen-bond donors (Lipinski definition) is 4. The summed E-state index contributed by atoms with van der Waals surface area (Å²) in [6.45, 7) is 4.73. The molecule has 0 spiro atoms. The highest BCUT2D eigenvalue weighted by Crippen LogP contribution is 2.38. The predicted octanol–water partition coefficient (Wildman–Crippen LogP) is 2.37. The fourth-order valence-corrected chi connectivity index (χ4v) is 4.14. The van der Waals surface area contributed by atoms with Crippen LogP contribution in [0.15, 0.2) is 45.6 Å². The third-order valence-electron chi connectivity index (χ3n) is 5.88. The summed E-state index contributed by atoms with van der Waals surface area (Å²) in [6.07, 6.45) is -6.10. The summed E-state index contributed by atoms with van der Waals surface area (Å²) in [7, 11) is 0. The molecule has 4 N–H and O–H groups in total. The lowest BCUT2D eigenvalue weighted by Crippen LogP contribution is -2.60. The van der Waals surface area contributed by atoms with Gasteiger partial charge in [0.1, 0.15) is 47.2 Å². The minimum absolute atomic E-state index is 0.0461. The van der Waals surface area contributed by atoms with E-state index in [-0.39, 0.29) is 35.0 Å². The Labute approximate surface area is 216 Å². The smallest absolute Gasteiger partial charge is 0.303 e. The second-order valence-electron chi connectivity index (χ2n) is 8.61. The van der Waals surface area contributed by atoms with Crippen LogP contribution in [-0.4, -0.2) is 70.5 Å². The number of aliphatic hydroxyl groups is 1. The van der Waals surface area contributed by atoms with Gasteiger partial charge in [-0.1, -0.05) is 0 Å². The average molecular weight is 532 g/mol. The standard InChI is InChI=1S/C26H28O12/c1-4-33-11-34-22-12(2)35-26(25(21(22)32)36-13(3)27)38-24-20(31)19-17(30)9-16(29)10-18(19)37-23(24)14-5-7-15(28)8-6-14/h5-10,12,21-22,25-26,28-30,32H,4,11H2,1-3H3. The van der Waals surface area contributed by atoms with E-state index < -0.39 is 53.6 Å². The summed E-state index contributed by atoms with van der Waals surface area (Å²) in [5.74, 6) is -2.26. The van der Waals surface area contributed by atoms with Crippen LogP contribution in [0.5, 0.6) is 23.0 Å². The number of benzene rings is 2. The van der Waals surface area contributed by atoms with Gasteiger partial charge in [-0.2, -0.15) is 0 Å². The first kappa shape index (κ1) is 27.2. The fraction of sp³-hybridized carbons (Fsp3) is 0.385. The molecule has 2 heterocycles. The van der Waals surface area contributed by atoms with Gasteiger partial charge in [0.15, 0.2) is 11.9 Å². The Bertz CT molecular complexity index is 1350. The van der Waals surface area contributed by atoms with Gasteiger partial charge in [-0.25, -0.2) is 0 Å². The summed E-state index contributed by atoms with van der Waals surface area (Å²) in [4.78, 5) is 25.5. The Morgan fingerprint density at radius 2 is 1.76 bits per heavy atom. The van der Waals surface area contributed by atoms with E-state index in [0.717, 1.165) is 19.1 Å².